The highest BCUT2D eigenvalue weighted by Crippen LogP contribution is 2.34. The van der Waals surface area contributed by atoms with E-state index in [4.69, 9.17) is 0 Å². The number of nitro benzene ring substituents is 1. The Morgan fingerprint density at radius 2 is 1.64 bits per heavy atom. The first-order valence-corrected chi connectivity index (χ1v) is 10.6. The van der Waals surface area contributed by atoms with Gasteiger partial charge >= 0.3 is 0 Å². The van der Waals surface area contributed by atoms with Crippen LogP contribution in [0.25, 0.3) is 0 Å². The normalized spacial score (nSPS) is 10.5. The number of benzene rings is 3. The van der Waals surface area contributed by atoms with Gasteiger partial charge in [-0.05, 0) is 23.9 Å². The molecule has 9 nitrogen and oxygen atoms in total. The first-order chi connectivity index (χ1) is 16.0. The Bertz CT molecular complexity index is 1280. The fraction of sp³-hybridized carbons (Fsp3) is 0.0435. The largest absolute Gasteiger partial charge is 0.311 e. The maximum absolute atomic E-state index is 12.8. The van der Waals surface area contributed by atoms with Crippen LogP contribution in [0.5, 0.6) is 0 Å². The van der Waals surface area contributed by atoms with E-state index >= 15 is 0 Å². The number of carbonyl (C=O) groups is 1. The lowest BCUT2D eigenvalue weighted by atomic mass is 10.0. The van der Waals surface area contributed by atoms with Gasteiger partial charge in [0.05, 0.1) is 15.5 Å². The van der Waals surface area contributed by atoms with E-state index in [1.54, 1.807) is 11.6 Å². The molecule has 1 amide bonds. The first-order valence-electron chi connectivity index (χ1n) is 9.82. The van der Waals surface area contributed by atoms with Gasteiger partial charge < -0.3 is 4.57 Å². The monoisotopic (exact) mass is 458 g/mol. The van der Waals surface area contributed by atoms with E-state index in [1.165, 1.54) is 24.5 Å². The van der Waals surface area contributed by atoms with Crippen LogP contribution in [0.3, 0.4) is 0 Å². The Labute approximate surface area is 193 Å². The third kappa shape index (κ3) is 5.13. The van der Waals surface area contributed by atoms with Crippen molar-refractivity contribution in [2.75, 3.05) is 0 Å². The van der Waals surface area contributed by atoms with E-state index < -0.39 is 10.8 Å². The summed E-state index contributed by atoms with van der Waals surface area (Å²) < 4.78 is 1.65. The van der Waals surface area contributed by atoms with Gasteiger partial charge in [0.25, 0.3) is 11.6 Å². The lowest BCUT2D eigenvalue weighted by Gasteiger charge is -2.08. The van der Waals surface area contributed by atoms with Gasteiger partial charge in [0, 0.05) is 29.8 Å². The fourth-order valence-corrected chi connectivity index (χ4v) is 3.86. The minimum absolute atomic E-state index is 0.119. The molecular formula is C23H18N6O3S. The van der Waals surface area contributed by atoms with Gasteiger partial charge in [-0.3, -0.25) is 14.9 Å². The van der Waals surface area contributed by atoms with Crippen molar-refractivity contribution in [2.24, 2.45) is 12.1 Å². The second-order valence-electron chi connectivity index (χ2n) is 6.90. The molecule has 4 rings (SSSR count). The molecule has 0 unspecified atom stereocenters. The number of nitro groups is 1. The number of nitrogens with one attached hydrogen (secondary N) is 1. The Morgan fingerprint density at radius 1 is 1.00 bits per heavy atom. The highest BCUT2D eigenvalue weighted by molar-refractivity contribution is 7.99. The number of nitrogens with zero attached hydrogens (tertiary/aromatic N) is 5. The van der Waals surface area contributed by atoms with Crippen LogP contribution in [-0.4, -0.2) is 31.3 Å². The molecule has 0 aliphatic rings. The lowest BCUT2D eigenvalue weighted by Crippen LogP contribution is -2.20. The van der Waals surface area contributed by atoms with Crippen molar-refractivity contribution >= 4 is 29.1 Å². The van der Waals surface area contributed by atoms with Crippen LogP contribution in [0, 0.1) is 10.1 Å². The summed E-state index contributed by atoms with van der Waals surface area (Å²) in [5, 5.41) is 24.2. The number of aryl methyl sites for hydroxylation is 1. The van der Waals surface area contributed by atoms with Crippen molar-refractivity contribution in [1.82, 2.24) is 20.2 Å². The summed E-state index contributed by atoms with van der Waals surface area (Å²) in [6.07, 6.45) is 1.51. The molecule has 10 heteroatoms. The molecule has 164 valence electrons. The van der Waals surface area contributed by atoms with Gasteiger partial charge in [-0.2, -0.15) is 5.10 Å². The smallest absolute Gasteiger partial charge is 0.284 e. The number of hydrogen-bond acceptors (Lipinski definition) is 7. The highest BCUT2D eigenvalue weighted by Gasteiger charge is 2.20. The maximum atomic E-state index is 12.8. The van der Waals surface area contributed by atoms with Crippen LogP contribution >= 0.6 is 11.8 Å². The highest BCUT2D eigenvalue weighted by atomic mass is 32.2. The molecule has 0 aliphatic heterocycles. The minimum Gasteiger partial charge on any atom is -0.311 e. The fourth-order valence-electron chi connectivity index (χ4n) is 3.01. The third-order valence-electron chi connectivity index (χ3n) is 4.65. The average molecular weight is 459 g/mol. The second-order valence-corrected chi connectivity index (χ2v) is 7.91. The van der Waals surface area contributed by atoms with Gasteiger partial charge in [0.1, 0.15) is 6.33 Å². The van der Waals surface area contributed by atoms with Crippen LogP contribution < -0.4 is 5.43 Å². The summed E-state index contributed by atoms with van der Waals surface area (Å²) in [5.41, 5.74) is 4.67. The van der Waals surface area contributed by atoms with Crippen molar-refractivity contribution in [3.05, 3.63) is 112 Å². The molecule has 0 fully saturated rings. The summed E-state index contributed by atoms with van der Waals surface area (Å²) in [7, 11) is 1.74. The molecule has 0 atom stereocenters. The van der Waals surface area contributed by atoms with E-state index in [0.29, 0.717) is 15.8 Å². The first kappa shape index (κ1) is 21.9. The molecule has 0 aliphatic carbocycles. The minimum atomic E-state index is -0.558. The van der Waals surface area contributed by atoms with E-state index in [-0.39, 0.29) is 11.3 Å². The van der Waals surface area contributed by atoms with Crippen LogP contribution in [0.2, 0.25) is 0 Å². The van der Waals surface area contributed by atoms with Gasteiger partial charge in [0.2, 0.25) is 0 Å². The predicted octanol–water partition coefficient (Wildman–Crippen LogP) is 4.06. The number of hydrogen-bond donors (Lipinski definition) is 1. The maximum Gasteiger partial charge on any atom is 0.284 e. The zero-order valence-corrected chi connectivity index (χ0v) is 18.3. The summed E-state index contributed by atoms with van der Waals surface area (Å²) in [6, 6.07) is 23.1. The topological polar surface area (TPSA) is 115 Å². The Morgan fingerprint density at radius 3 is 2.18 bits per heavy atom. The van der Waals surface area contributed by atoms with Crippen molar-refractivity contribution in [3.8, 4) is 0 Å². The average Bonchev–Trinajstić information content (AvgIpc) is 3.24. The molecule has 33 heavy (non-hydrogen) atoms. The lowest BCUT2D eigenvalue weighted by molar-refractivity contribution is -0.387. The van der Waals surface area contributed by atoms with Crippen LogP contribution in [-0.2, 0) is 7.05 Å². The van der Waals surface area contributed by atoms with Gasteiger partial charge in [-0.1, -0.05) is 60.7 Å². The molecule has 0 spiro atoms. The Hall–Kier alpha value is -4.31. The number of hydrazone groups is 1. The van der Waals surface area contributed by atoms with Gasteiger partial charge in [-0.15, -0.1) is 10.2 Å². The van der Waals surface area contributed by atoms with Crippen molar-refractivity contribution in [3.63, 3.8) is 0 Å². The molecule has 0 saturated heterocycles. The Kier molecular flexibility index (Phi) is 6.56. The third-order valence-corrected chi connectivity index (χ3v) is 5.77. The second kappa shape index (κ2) is 9.88. The van der Waals surface area contributed by atoms with Crippen molar-refractivity contribution < 1.29 is 9.72 Å². The molecule has 0 bridgehead atoms. The quantitative estimate of drug-likeness (QED) is 0.254. The molecule has 1 heterocycles. The zero-order valence-electron chi connectivity index (χ0n) is 17.5. The standard InChI is InChI=1S/C23H18N6O3S/c1-28-15-24-27-23(28)33-20-13-12-18(14-19(20)29(31)32)22(30)26-25-21(16-8-4-2-5-9-16)17-10-6-3-7-11-17/h2-15H,1H3,(H,26,30). The summed E-state index contributed by atoms with van der Waals surface area (Å²) in [5.74, 6) is -0.558. The number of amides is 1. The van der Waals surface area contributed by atoms with Gasteiger partial charge in [0.15, 0.2) is 5.16 Å². The number of carbonyl (C=O) groups excluding carboxylic acids is 1. The molecule has 4 aromatic rings. The summed E-state index contributed by atoms with van der Waals surface area (Å²) in [4.78, 5) is 24.3. The predicted molar refractivity (Wildman–Crippen MR) is 124 cm³/mol. The summed E-state index contributed by atoms with van der Waals surface area (Å²) in [6.45, 7) is 0. The van der Waals surface area contributed by atoms with Crippen LogP contribution in [0.1, 0.15) is 21.5 Å². The molecular weight excluding hydrogens is 440 g/mol. The van der Waals surface area contributed by atoms with Crippen LogP contribution in [0.4, 0.5) is 5.69 Å². The van der Waals surface area contributed by atoms with Crippen molar-refractivity contribution in [2.45, 2.75) is 10.1 Å². The van der Waals surface area contributed by atoms with E-state index in [1.807, 2.05) is 60.7 Å². The molecule has 0 saturated carbocycles. The van der Waals surface area contributed by atoms with Crippen LogP contribution in [0.15, 0.2) is 100 Å². The van der Waals surface area contributed by atoms with E-state index in [2.05, 4.69) is 20.7 Å². The molecule has 0 radical (unpaired) electrons. The number of rotatable bonds is 7. The van der Waals surface area contributed by atoms with Crippen molar-refractivity contribution in [1.29, 1.82) is 0 Å². The zero-order chi connectivity index (χ0) is 23.2. The molecule has 3 aromatic carbocycles. The Balaban J connectivity index is 1.62. The SMILES string of the molecule is Cn1cnnc1Sc1ccc(C(=O)NN=C(c2ccccc2)c2ccccc2)cc1[N+](=O)[O-]. The summed E-state index contributed by atoms with van der Waals surface area (Å²) >= 11 is 1.10. The van der Waals surface area contributed by atoms with E-state index in [9.17, 15) is 14.9 Å². The number of aromatic nitrogens is 3. The molecule has 1 aromatic heterocycles. The molecule has 1 N–H and O–H groups in total. The van der Waals surface area contributed by atoms with E-state index in [0.717, 1.165) is 22.9 Å². The van der Waals surface area contributed by atoms with Gasteiger partial charge in [-0.25, -0.2) is 5.43 Å².